The molecule has 0 bridgehead atoms. The Balaban J connectivity index is 1.42. The van der Waals surface area contributed by atoms with Gasteiger partial charge in [-0.05, 0) is 42.8 Å². The van der Waals surface area contributed by atoms with E-state index in [9.17, 15) is 9.59 Å². The third-order valence-corrected chi connectivity index (χ3v) is 5.19. The summed E-state index contributed by atoms with van der Waals surface area (Å²) in [5, 5.41) is 3.14. The first kappa shape index (κ1) is 17.7. The molecule has 27 heavy (non-hydrogen) atoms. The summed E-state index contributed by atoms with van der Waals surface area (Å²) >= 11 is 3.37. The second-order valence-corrected chi connectivity index (χ2v) is 7.42. The maximum Gasteiger partial charge on any atom is 0.272 e. The molecule has 1 N–H and O–H groups in total. The summed E-state index contributed by atoms with van der Waals surface area (Å²) in [6.45, 7) is 1.13. The van der Waals surface area contributed by atoms with E-state index in [2.05, 4.69) is 25.9 Å². The van der Waals surface area contributed by atoms with Crippen molar-refractivity contribution < 1.29 is 9.59 Å². The standard InChI is InChI=1S/C20H19BrN4O2/c21-15-8-6-14(7-9-15)20(27)25-13-3-12-24(25)19(26)11-10-18-22-16-4-1-2-5-17(16)23-18/h1-2,4-9H,3,10-13H2,(H,22,23). The van der Waals surface area contributed by atoms with E-state index in [0.29, 0.717) is 31.5 Å². The molecule has 6 nitrogen and oxygen atoms in total. The van der Waals surface area contributed by atoms with Gasteiger partial charge >= 0.3 is 0 Å². The molecular weight excluding hydrogens is 408 g/mol. The van der Waals surface area contributed by atoms with Gasteiger partial charge in [0.25, 0.3) is 5.91 Å². The molecule has 1 saturated heterocycles. The Bertz CT molecular complexity index is 950. The maximum absolute atomic E-state index is 12.8. The molecule has 4 rings (SSSR count). The quantitative estimate of drug-likeness (QED) is 0.693. The van der Waals surface area contributed by atoms with Crippen LogP contribution in [0.5, 0.6) is 0 Å². The molecule has 0 unspecified atom stereocenters. The van der Waals surface area contributed by atoms with Crippen molar-refractivity contribution in [1.82, 2.24) is 20.0 Å². The number of H-pyrrole nitrogens is 1. The molecule has 1 aliphatic rings. The number of hydrogen-bond donors (Lipinski definition) is 1. The van der Waals surface area contributed by atoms with Gasteiger partial charge in [-0.3, -0.25) is 14.6 Å². The van der Waals surface area contributed by atoms with Gasteiger partial charge in [-0.2, -0.15) is 0 Å². The van der Waals surface area contributed by atoms with Crippen LogP contribution in [0.25, 0.3) is 11.0 Å². The average Bonchev–Trinajstić information content (AvgIpc) is 3.33. The van der Waals surface area contributed by atoms with E-state index in [1.54, 1.807) is 22.2 Å². The first-order chi connectivity index (χ1) is 13.1. The first-order valence-electron chi connectivity index (χ1n) is 8.93. The summed E-state index contributed by atoms with van der Waals surface area (Å²) in [5.41, 5.74) is 2.44. The summed E-state index contributed by atoms with van der Waals surface area (Å²) in [5.74, 6) is 0.588. The van der Waals surface area contributed by atoms with Gasteiger partial charge in [0.05, 0.1) is 11.0 Å². The van der Waals surface area contributed by atoms with E-state index in [0.717, 1.165) is 27.8 Å². The van der Waals surface area contributed by atoms with Crippen molar-refractivity contribution in [3.8, 4) is 0 Å². The fourth-order valence-electron chi connectivity index (χ4n) is 3.30. The highest BCUT2D eigenvalue weighted by Gasteiger charge is 2.31. The van der Waals surface area contributed by atoms with Crippen LogP contribution in [0.15, 0.2) is 53.0 Å². The van der Waals surface area contributed by atoms with Crippen LogP contribution >= 0.6 is 15.9 Å². The normalized spacial score (nSPS) is 14.1. The van der Waals surface area contributed by atoms with Gasteiger partial charge in [0.2, 0.25) is 5.91 Å². The van der Waals surface area contributed by atoms with Crippen molar-refractivity contribution in [2.45, 2.75) is 19.3 Å². The number of hydrazine groups is 1. The molecule has 138 valence electrons. The van der Waals surface area contributed by atoms with Crippen LogP contribution in [0.2, 0.25) is 0 Å². The molecule has 7 heteroatoms. The van der Waals surface area contributed by atoms with E-state index in [1.165, 1.54) is 0 Å². The topological polar surface area (TPSA) is 69.3 Å². The van der Waals surface area contributed by atoms with E-state index in [1.807, 2.05) is 36.4 Å². The van der Waals surface area contributed by atoms with E-state index in [4.69, 9.17) is 0 Å². The Hall–Kier alpha value is -2.67. The smallest absolute Gasteiger partial charge is 0.272 e. The SMILES string of the molecule is O=C(CCc1nc2ccccc2[nH]1)N1CCCN1C(=O)c1ccc(Br)cc1. The lowest BCUT2D eigenvalue weighted by atomic mass is 10.2. The van der Waals surface area contributed by atoms with Gasteiger partial charge in [-0.15, -0.1) is 0 Å². The Morgan fingerprint density at radius 3 is 2.56 bits per heavy atom. The Morgan fingerprint density at radius 1 is 1.04 bits per heavy atom. The van der Waals surface area contributed by atoms with Crippen LogP contribution in [0, 0.1) is 0 Å². The highest BCUT2D eigenvalue weighted by molar-refractivity contribution is 9.10. The summed E-state index contributed by atoms with van der Waals surface area (Å²) in [6.07, 6.45) is 1.62. The number of hydrogen-bond acceptors (Lipinski definition) is 3. The highest BCUT2D eigenvalue weighted by Crippen LogP contribution is 2.19. The predicted octanol–water partition coefficient (Wildman–Crippen LogP) is 3.55. The zero-order valence-electron chi connectivity index (χ0n) is 14.7. The largest absolute Gasteiger partial charge is 0.342 e. The Kier molecular flexibility index (Phi) is 4.94. The molecule has 0 spiro atoms. The first-order valence-corrected chi connectivity index (χ1v) is 9.72. The van der Waals surface area contributed by atoms with Crippen molar-refractivity contribution in [3.63, 3.8) is 0 Å². The zero-order chi connectivity index (χ0) is 18.8. The average molecular weight is 427 g/mol. The second-order valence-electron chi connectivity index (χ2n) is 6.51. The second kappa shape index (κ2) is 7.52. The number of imidazole rings is 1. The summed E-state index contributed by atoms with van der Waals surface area (Å²) in [7, 11) is 0. The third kappa shape index (κ3) is 3.73. The lowest BCUT2D eigenvalue weighted by Crippen LogP contribution is -2.44. The lowest BCUT2D eigenvalue weighted by Gasteiger charge is -2.28. The minimum atomic E-state index is -0.142. The fraction of sp³-hybridized carbons (Fsp3) is 0.250. The molecule has 2 amide bonds. The Morgan fingerprint density at radius 2 is 1.78 bits per heavy atom. The molecule has 0 aliphatic carbocycles. The van der Waals surface area contributed by atoms with Gasteiger partial charge < -0.3 is 4.98 Å². The summed E-state index contributed by atoms with van der Waals surface area (Å²) in [6, 6.07) is 15.0. The highest BCUT2D eigenvalue weighted by atomic mass is 79.9. The molecule has 1 aromatic heterocycles. The summed E-state index contributed by atoms with van der Waals surface area (Å²) in [4.78, 5) is 33.2. The molecule has 0 atom stereocenters. The van der Waals surface area contributed by atoms with Crippen molar-refractivity contribution in [2.75, 3.05) is 13.1 Å². The van der Waals surface area contributed by atoms with Crippen molar-refractivity contribution in [2.24, 2.45) is 0 Å². The van der Waals surface area contributed by atoms with E-state index < -0.39 is 0 Å². The molecule has 0 radical (unpaired) electrons. The molecule has 0 saturated carbocycles. The molecule has 2 aromatic carbocycles. The molecule has 2 heterocycles. The number of aryl methyl sites for hydroxylation is 1. The number of nitrogens with zero attached hydrogens (tertiary/aromatic N) is 3. The number of fused-ring (bicyclic) bond motifs is 1. The molecule has 1 fully saturated rings. The predicted molar refractivity (Wildman–Crippen MR) is 106 cm³/mol. The van der Waals surface area contributed by atoms with Gasteiger partial charge in [0.15, 0.2) is 0 Å². The van der Waals surface area contributed by atoms with Crippen LogP contribution in [0.3, 0.4) is 0 Å². The molecule has 1 aliphatic heterocycles. The van der Waals surface area contributed by atoms with E-state index >= 15 is 0 Å². The van der Waals surface area contributed by atoms with Crippen LogP contribution in [0.1, 0.15) is 29.0 Å². The maximum atomic E-state index is 12.8. The number of nitrogens with one attached hydrogen (secondary N) is 1. The number of rotatable bonds is 4. The van der Waals surface area contributed by atoms with Crippen LogP contribution < -0.4 is 0 Å². The van der Waals surface area contributed by atoms with Crippen molar-refractivity contribution in [3.05, 3.63) is 64.4 Å². The monoisotopic (exact) mass is 426 g/mol. The number of aromatic nitrogens is 2. The van der Waals surface area contributed by atoms with Crippen molar-refractivity contribution in [1.29, 1.82) is 0 Å². The minimum Gasteiger partial charge on any atom is -0.342 e. The van der Waals surface area contributed by atoms with Gasteiger partial charge in [0, 0.05) is 36.0 Å². The molecule has 3 aromatic rings. The number of carbonyl (C=O) groups excluding carboxylic acids is 2. The number of para-hydroxylation sites is 2. The lowest BCUT2D eigenvalue weighted by molar-refractivity contribution is -0.140. The van der Waals surface area contributed by atoms with Crippen LogP contribution in [-0.4, -0.2) is 44.9 Å². The number of carbonyl (C=O) groups is 2. The third-order valence-electron chi connectivity index (χ3n) is 4.66. The zero-order valence-corrected chi connectivity index (χ0v) is 16.3. The minimum absolute atomic E-state index is 0.0570. The van der Waals surface area contributed by atoms with E-state index in [-0.39, 0.29) is 11.8 Å². The fourth-order valence-corrected chi connectivity index (χ4v) is 3.57. The van der Waals surface area contributed by atoms with Gasteiger partial charge in [-0.1, -0.05) is 28.1 Å². The van der Waals surface area contributed by atoms with Gasteiger partial charge in [0.1, 0.15) is 5.82 Å². The number of aromatic amines is 1. The number of benzene rings is 2. The van der Waals surface area contributed by atoms with Gasteiger partial charge in [-0.25, -0.2) is 9.99 Å². The van der Waals surface area contributed by atoms with Crippen LogP contribution in [-0.2, 0) is 11.2 Å². The van der Waals surface area contributed by atoms with Crippen LogP contribution in [0.4, 0.5) is 0 Å². The number of halogens is 1. The summed E-state index contributed by atoms with van der Waals surface area (Å²) < 4.78 is 0.916. The Labute approximate surface area is 165 Å². The van der Waals surface area contributed by atoms with Crippen molar-refractivity contribution >= 4 is 38.8 Å². The molecular formula is C20H19BrN4O2. The number of amides is 2.